The Balaban J connectivity index is 2.08. The van der Waals surface area contributed by atoms with Gasteiger partial charge >= 0.3 is 0 Å². The Labute approximate surface area is 109 Å². The van der Waals surface area contributed by atoms with Gasteiger partial charge in [-0.1, -0.05) is 37.3 Å². The van der Waals surface area contributed by atoms with Crippen LogP contribution in [0.4, 0.5) is 0 Å². The molecule has 96 valence electrons. The van der Waals surface area contributed by atoms with Crippen LogP contribution in [-0.2, 0) is 13.5 Å². The number of aromatic nitrogens is 2. The van der Waals surface area contributed by atoms with Crippen molar-refractivity contribution < 1.29 is 0 Å². The van der Waals surface area contributed by atoms with Crippen molar-refractivity contribution in [2.75, 3.05) is 0 Å². The number of hydrogen-bond acceptors (Lipinski definition) is 2. The first-order valence-corrected chi connectivity index (χ1v) is 6.49. The summed E-state index contributed by atoms with van der Waals surface area (Å²) >= 11 is 0. The monoisotopic (exact) mass is 243 g/mol. The van der Waals surface area contributed by atoms with Gasteiger partial charge in [-0.15, -0.1) is 0 Å². The van der Waals surface area contributed by atoms with Crippen LogP contribution in [0.1, 0.15) is 30.5 Å². The molecule has 2 N–H and O–H groups in total. The smallest absolute Gasteiger partial charge is 0.0640 e. The maximum absolute atomic E-state index is 6.35. The zero-order valence-electron chi connectivity index (χ0n) is 11.1. The van der Waals surface area contributed by atoms with Gasteiger partial charge < -0.3 is 5.73 Å². The third kappa shape index (κ3) is 2.99. The van der Waals surface area contributed by atoms with E-state index in [-0.39, 0.29) is 6.04 Å². The molecular formula is C15H21N3. The number of rotatable bonds is 5. The molecule has 2 atom stereocenters. The normalized spacial score (nSPS) is 14.4. The standard InChI is InChI=1S/C15H21N3/c1-3-14(12-7-5-4-6-8-12)15(16)11-13-9-10-18(2)17-13/h4-10,14-15H,3,11,16H2,1-2H3. The van der Waals surface area contributed by atoms with Crippen molar-refractivity contribution in [3.8, 4) is 0 Å². The molecule has 2 aromatic rings. The summed E-state index contributed by atoms with van der Waals surface area (Å²) in [5.41, 5.74) is 8.74. The molecule has 0 spiro atoms. The van der Waals surface area contributed by atoms with Crippen LogP contribution >= 0.6 is 0 Å². The fourth-order valence-electron chi connectivity index (χ4n) is 2.44. The molecule has 0 amide bonds. The first kappa shape index (κ1) is 12.8. The number of nitrogens with zero attached hydrogens (tertiary/aromatic N) is 2. The van der Waals surface area contributed by atoms with E-state index in [0.717, 1.165) is 18.5 Å². The van der Waals surface area contributed by atoms with Crippen molar-refractivity contribution >= 4 is 0 Å². The number of aryl methyl sites for hydroxylation is 1. The quantitative estimate of drug-likeness (QED) is 0.876. The maximum Gasteiger partial charge on any atom is 0.0640 e. The minimum atomic E-state index is 0.118. The summed E-state index contributed by atoms with van der Waals surface area (Å²) in [7, 11) is 1.93. The summed E-state index contributed by atoms with van der Waals surface area (Å²) in [5, 5.41) is 4.40. The lowest BCUT2D eigenvalue weighted by molar-refractivity contribution is 0.508. The molecule has 1 aromatic heterocycles. The van der Waals surface area contributed by atoms with Gasteiger partial charge in [0.25, 0.3) is 0 Å². The van der Waals surface area contributed by atoms with E-state index in [4.69, 9.17) is 5.73 Å². The molecule has 0 radical (unpaired) electrons. The molecule has 0 aliphatic carbocycles. The van der Waals surface area contributed by atoms with Crippen LogP contribution in [0, 0.1) is 0 Å². The zero-order chi connectivity index (χ0) is 13.0. The second-order valence-electron chi connectivity index (χ2n) is 4.77. The van der Waals surface area contributed by atoms with Gasteiger partial charge in [-0.3, -0.25) is 4.68 Å². The molecule has 0 bridgehead atoms. The van der Waals surface area contributed by atoms with Gasteiger partial charge in [0, 0.05) is 25.7 Å². The molecule has 0 saturated heterocycles. The topological polar surface area (TPSA) is 43.8 Å². The van der Waals surface area contributed by atoms with Crippen LogP contribution in [-0.4, -0.2) is 15.8 Å². The van der Waals surface area contributed by atoms with Crippen molar-refractivity contribution in [3.63, 3.8) is 0 Å². The predicted octanol–water partition coefficient (Wildman–Crippen LogP) is 2.48. The van der Waals surface area contributed by atoms with Crippen LogP contribution in [0.15, 0.2) is 42.6 Å². The number of hydrogen-bond donors (Lipinski definition) is 1. The van der Waals surface area contributed by atoms with Gasteiger partial charge in [0.2, 0.25) is 0 Å². The number of benzene rings is 1. The van der Waals surface area contributed by atoms with Crippen molar-refractivity contribution in [1.82, 2.24) is 9.78 Å². The van der Waals surface area contributed by atoms with E-state index in [9.17, 15) is 0 Å². The lowest BCUT2D eigenvalue weighted by Gasteiger charge is -2.22. The molecule has 3 nitrogen and oxygen atoms in total. The Kier molecular flexibility index (Phi) is 4.15. The average Bonchev–Trinajstić information content (AvgIpc) is 2.77. The van der Waals surface area contributed by atoms with Gasteiger partial charge in [-0.2, -0.15) is 5.10 Å². The van der Waals surface area contributed by atoms with E-state index >= 15 is 0 Å². The number of nitrogens with two attached hydrogens (primary N) is 1. The maximum atomic E-state index is 6.35. The molecule has 0 aliphatic rings. The van der Waals surface area contributed by atoms with E-state index in [1.54, 1.807) is 0 Å². The molecular weight excluding hydrogens is 222 g/mol. The van der Waals surface area contributed by atoms with Crippen molar-refractivity contribution in [3.05, 3.63) is 53.9 Å². The zero-order valence-corrected chi connectivity index (χ0v) is 11.1. The third-order valence-electron chi connectivity index (χ3n) is 3.40. The van der Waals surface area contributed by atoms with Gasteiger partial charge in [0.15, 0.2) is 0 Å². The van der Waals surface area contributed by atoms with Crippen molar-refractivity contribution in [2.45, 2.75) is 31.7 Å². The lowest BCUT2D eigenvalue weighted by atomic mass is 9.87. The van der Waals surface area contributed by atoms with Gasteiger partial charge in [-0.05, 0) is 24.0 Å². The van der Waals surface area contributed by atoms with Gasteiger partial charge in [0.05, 0.1) is 5.69 Å². The summed E-state index contributed by atoms with van der Waals surface area (Å²) < 4.78 is 1.82. The molecule has 2 rings (SSSR count). The molecule has 0 fully saturated rings. The van der Waals surface area contributed by atoms with Crippen LogP contribution in [0.5, 0.6) is 0 Å². The summed E-state index contributed by atoms with van der Waals surface area (Å²) in [6.45, 7) is 2.19. The summed E-state index contributed by atoms with van der Waals surface area (Å²) in [6, 6.07) is 12.7. The predicted molar refractivity (Wildman–Crippen MR) is 74.4 cm³/mol. The second kappa shape index (κ2) is 5.83. The Morgan fingerprint density at radius 1 is 1.22 bits per heavy atom. The minimum Gasteiger partial charge on any atom is -0.327 e. The first-order chi connectivity index (χ1) is 8.70. The molecule has 3 heteroatoms. The van der Waals surface area contributed by atoms with Crippen LogP contribution in [0.25, 0.3) is 0 Å². The highest BCUT2D eigenvalue weighted by atomic mass is 15.2. The molecule has 1 heterocycles. The molecule has 1 aromatic carbocycles. The molecule has 0 saturated carbocycles. The summed E-state index contributed by atoms with van der Waals surface area (Å²) in [6.07, 6.45) is 3.85. The Bertz CT molecular complexity index is 475. The molecule has 2 unspecified atom stereocenters. The molecule has 0 aliphatic heterocycles. The largest absolute Gasteiger partial charge is 0.327 e. The lowest BCUT2D eigenvalue weighted by Crippen LogP contribution is -2.30. The highest BCUT2D eigenvalue weighted by molar-refractivity contribution is 5.21. The fourth-order valence-corrected chi connectivity index (χ4v) is 2.44. The summed E-state index contributed by atoms with van der Waals surface area (Å²) in [4.78, 5) is 0. The first-order valence-electron chi connectivity index (χ1n) is 6.49. The van der Waals surface area contributed by atoms with E-state index in [1.165, 1.54) is 5.56 Å². The Hall–Kier alpha value is -1.61. The van der Waals surface area contributed by atoms with E-state index < -0.39 is 0 Å². The van der Waals surface area contributed by atoms with Crippen LogP contribution in [0.3, 0.4) is 0 Å². The molecule has 18 heavy (non-hydrogen) atoms. The fraction of sp³-hybridized carbons (Fsp3) is 0.400. The second-order valence-corrected chi connectivity index (χ2v) is 4.77. The highest BCUT2D eigenvalue weighted by Gasteiger charge is 2.18. The minimum absolute atomic E-state index is 0.118. The SMILES string of the molecule is CCC(c1ccccc1)C(N)Cc1ccn(C)n1. The average molecular weight is 243 g/mol. The Morgan fingerprint density at radius 2 is 1.94 bits per heavy atom. The van der Waals surface area contributed by atoms with Crippen LogP contribution < -0.4 is 5.73 Å². The van der Waals surface area contributed by atoms with E-state index in [1.807, 2.05) is 30.1 Å². The van der Waals surface area contributed by atoms with Crippen molar-refractivity contribution in [1.29, 1.82) is 0 Å². The Morgan fingerprint density at radius 3 is 2.50 bits per heavy atom. The van der Waals surface area contributed by atoms with E-state index in [2.05, 4.69) is 36.3 Å². The van der Waals surface area contributed by atoms with Crippen molar-refractivity contribution in [2.24, 2.45) is 12.8 Å². The van der Waals surface area contributed by atoms with Gasteiger partial charge in [-0.25, -0.2) is 0 Å². The third-order valence-corrected chi connectivity index (χ3v) is 3.40. The van der Waals surface area contributed by atoms with Crippen LogP contribution in [0.2, 0.25) is 0 Å². The highest BCUT2D eigenvalue weighted by Crippen LogP contribution is 2.23. The summed E-state index contributed by atoms with van der Waals surface area (Å²) in [5.74, 6) is 0.396. The van der Waals surface area contributed by atoms with E-state index in [0.29, 0.717) is 5.92 Å². The van der Waals surface area contributed by atoms with Gasteiger partial charge in [0.1, 0.15) is 0 Å².